The second kappa shape index (κ2) is 5.44. The Labute approximate surface area is 132 Å². The summed E-state index contributed by atoms with van der Waals surface area (Å²) in [6.45, 7) is 1.62. The van der Waals surface area contributed by atoms with E-state index in [1.54, 1.807) is 31.3 Å². The molecule has 0 aliphatic rings. The fraction of sp³-hybridized carbons (Fsp3) is 0.0625. The first kappa shape index (κ1) is 15.1. The molecule has 6 nitrogen and oxygen atoms in total. The Balaban J connectivity index is 2.07. The van der Waals surface area contributed by atoms with E-state index < -0.39 is 16.0 Å². The fourth-order valence-electron chi connectivity index (χ4n) is 2.40. The van der Waals surface area contributed by atoms with E-state index in [0.717, 1.165) is 17.0 Å². The molecule has 0 spiro atoms. The van der Waals surface area contributed by atoms with Crippen LogP contribution in [0.15, 0.2) is 53.6 Å². The van der Waals surface area contributed by atoms with Crippen LogP contribution in [0.3, 0.4) is 0 Å². The van der Waals surface area contributed by atoms with Crippen LogP contribution in [0.2, 0.25) is 0 Å². The van der Waals surface area contributed by atoms with Gasteiger partial charge in [-0.2, -0.15) is 0 Å². The Kier molecular flexibility index (Phi) is 3.57. The average molecular weight is 330 g/mol. The second-order valence-electron chi connectivity index (χ2n) is 5.14. The monoisotopic (exact) mass is 330 g/mol. The lowest BCUT2D eigenvalue weighted by atomic mass is 10.1. The molecule has 0 saturated heterocycles. The summed E-state index contributed by atoms with van der Waals surface area (Å²) in [6, 6.07) is 11.0. The van der Waals surface area contributed by atoms with Gasteiger partial charge in [0.25, 0.3) is 10.0 Å². The number of hydrogen-bond acceptors (Lipinski definition) is 3. The summed E-state index contributed by atoms with van der Waals surface area (Å²) >= 11 is 0. The molecule has 0 atom stereocenters. The van der Waals surface area contributed by atoms with E-state index >= 15 is 0 Å². The minimum absolute atomic E-state index is 0.0510. The Bertz CT molecular complexity index is 1010. The van der Waals surface area contributed by atoms with Crippen LogP contribution < -0.4 is 4.72 Å². The van der Waals surface area contributed by atoms with Crippen molar-refractivity contribution >= 4 is 32.6 Å². The number of carboxylic acids is 1. The van der Waals surface area contributed by atoms with Crippen LogP contribution in [-0.4, -0.2) is 24.5 Å². The lowest BCUT2D eigenvalue weighted by Gasteiger charge is -2.12. The maximum absolute atomic E-state index is 12.6. The minimum atomic E-state index is -3.90. The number of sulfonamides is 1. The summed E-state index contributed by atoms with van der Waals surface area (Å²) in [4.78, 5) is 14.0. The lowest BCUT2D eigenvalue weighted by Crippen LogP contribution is -2.15. The number of aromatic carboxylic acids is 1. The third-order valence-electron chi connectivity index (χ3n) is 3.56. The van der Waals surface area contributed by atoms with Gasteiger partial charge in [-0.15, -0.1) is 0 Å². The zero-order chi connectivity index (χ0) is 16.6. The van der Waals surface area contributed by atoms with E-state index in [2.05, 4.69) is 9.71 Å². The number of aromatic amines is 1. The molecule has 1 heterocycles. The molecule has 0 aliphatic carbocycles. The third-order valence-corrected chi connectivity index (χ3v) is 5.07. The third kappa shape index (κ3) is 2.78. The second-order valence-corrected chi connectivity index (χ2v) is 6.79. The number of hydrogen-bond donors (Lipinski definition) is 3. The van der Waals surface area contributed by atoms with Crippen molar-refractivity contribution in [3.63, 3.8) is 0 Å². The number of benzene rings is 2. The molecule has 3 rings (SSSR count). The summed E-state index contributed by atoms with van der Waals surface area (Å²) < 4.78 is 27.8. The molecule has 2 aromatic carbocycles. The highest BCUT2D eigenvalue weighted by Gasteiger charge is 2.20. The Hall–Kier alpha value is -2.80. The number of anilines is 1. The summed E-state index contributed by atoms with van der Waals surface area (Å²) in [5.41, 5.74) is 1.64. The van der Waals surface area contributed by atoms with E-state index in [1.807, 2.05) is 6.07 Å². The van der Waals surface area contributed by atoms with Crippen molar-refractivity contribution in [1.29, 1.82) is 0 Å². The highest BCUT2D eigenvalue weighted by Crippen LogP contribution is 2.26. The van der Waals surface area contributed by atoms with Crippen molar-refractivity contribution in [1.82, 2.24) is 4.98 Å². The van der Waals surface area contributed by atoms with Gasteiger partial charge in [0.2, 0.25) is 0 Å². The topological polar surface area (TPSA) is 99.3 Å². The van der Waals surface area contributed by atoms with Gasteiger partial charge in [0.05, 0.1) is 16.1 Å². The minimum Gasteiger partial charge on any atom is -0.478 e. The van der Waals surface area contributed by atoms with Gasteiger partial charge in [-0.05, 0) is 42.8 Å². The molecule has 118 valence electrons. The van der Waals surface area contributed by atoms with Gasteiger partial charge in [-0.1, -0.05) is 12.1 Å². The van der Waals surface area contributed by atoms with Gasteiger partial charge in [-0.25, -0.2) is 13.2 Å². The molecule has 23 heavy (non-hydrogen) atoms. The summed E-state index contributed by atoms with van der Waals surface area (Å²) in [5, 5.41) is 9.79. The SMILES string of the molecule is Cc1ccc(C(=O)O)cc1S(=O)(=O)Nc1cccc2[nH]ccc12. The molecule has 3 aromatic rings. The summed E-state index contributed by atoms with van der Waals surface area (Å²) in [7, 11) is -3.90. The van der Waals surface area contributed by atoms with Gasteiger partial charge in [0, 0.05) is 17.1 Å². The maximum Gasteiger partial charge on any atom is 0.335 e. The summed E-state index contributed by atoms with van der Waals surface area (Å²) in [6.07, 6.45) is 1.72. The van der Waals surface area contributed by atoms with Crippen LogP contribution >= 0.6 is 0 Å². The Morgan fingerprint density at radius 2 is 1.96 bits per heavy atom. The standard InChI is InChI=1S/C16H14N2O4S/c1-10-5-6-11(16(19)20)9-15(10)23(21,22)18-14-4-2-3-13-12(14)7-8-17-13/h2-9,17-18H,1H3,(H,19,20). The number of rotatable bonds is 4. The number of aryl methyl sites for hydroxylation is 1. The molecular weight excluding hydrogens is 316 g/mol. The number of fused-ring (bicyclic) bond motifs is 1. The van der Waals surface area contributed by atoms with E-state index in [0.29, 0.717) is 11.3 Å². The highest BCUT2D eigenvalue weighted by atomic mass is 32.2. The predicted molar refractivity (Wildman–Crippen MR) is 87.2 cm³/mol. The first-order valence-corrected chi connectivity index (χ1v) is 8.30. The van der Waals surface area contributed by atoms with Gasteiger partial charge < -0.3 is 10.1 Å². The zero-order valence-corrected chi connectivity index (χ0v) is 13.0. The molecule has 0 saturated carbocycles. The van der Waals surface area contributed by atoms with E-state index in [4.69, 9.17) is 5.11 Å². The molecule has 1 aromatic heterocycles. The normalized spacial score (nSPS) is 11.5. The summed E-state index contributed by atoms with van der Waals surface area (Å²) in [5.74, 6) is -1.17. The van der Waals surface area contributed by atoms with Crippen molar-refractivity contribution in [2.45, 2.75) is 11.8 Å². The smallest absolute Gasteiger partial charge is 0.335 e. The molecule has 3 N–H and O–H groups in total. The number of nitrogens with one attached hydrogen (secondary N) is 2. The van der Waals surface area contributed by atoms with Crippen LogP contribution in [0.25, 0.3) is 10.9 Å². The average Bonchev–Trinajstić information content (AvgIpc) is 2.96. The molecular formula is C16H14N2O4S. The van der Waals surface area contributed by atoms with E-state index in [-0.39, 0.29) is 10.5 Å². The molecule has 0 bridgehead atoms. The van der Waals surface area contributed by atoms with Gasteiger partial charge >= 0.3 is 5.97 Å². The number of aromatic nitrogens is 1. The molecule has 0 aliphatic heterocycles. The van der Waals surface area contributed by atoms with Crippen LogP contribution in [-0.2, 0) is 10.0 Å². The van der Waals surface area contributed by atoms with Crippen molar-refractivity contribution < 1.29 is 18.3 Å². The number of carbonyl (C=O) groups is 1. The Morgan fingerprint density at radius 3 is 2.70 bits per heavy atom. The van der Waals surface area contributed by atoms with Crippen LogP contribution in [0.5, 0.6) is 0 Å². The quantitative estimate of drug-likeness (QED) is 0.685. The molecule has 7 heteroatoms. The van der Waals surface area contributed by atoms with Crippen molar-refractivity contribution in [2.24, 2.45) is 0 Å². The van der Waals surface area contributed by atoms with Crippen LogP contribution in [0, 0.1) is 6.92 Å². The van der Waals surface area contributed by atoms with Gasteiger partial charge in [-0.3, -0.25) is 4.72 Å². The molecule has 0 unspecified atom stereocenters. The zero-order valence-electron chi connectivity index (χ0n) is 12.2. The fourth-order valence-corrected chi connectivity index (χ4v) is 3.75. The first-order chi connectivity index (χ1) is 10.9. The largest absolute Gasteiger partial charge is 0.478 e. The first-order valence-electron chi connectivity index (χ1n) is 6.81. The Morgan fingerprint density at radius 1 is 1.17 bits per heavy atom. The van der Waals surface area contributed by atoms with E-state index in [9.17, 15) is 13.2 Å². The maximum atomic E-state index is 12.6. The van der Waals surface area contributed by atoms with Gasteiger partial charge in [0.15, 0.2) is 0 Å². The van der Waals surface area contributed by atoms with E-state index in [1.165, 1.54) is 12.1 Å². The molecule has 0 amide bonds. The van der Waals surface area contributed by atoms with Crippen LogP contribution in [0.1, 0.15) is 15.9 Å². The molecule has 0 fully saturated rings. The lowest BCUT2D eigenvalue weighted by molar-refractivity contribution is 0.0696. The molecule has 0 radical (unpaired) electrons. The van der Waals surface area contributed by atoms with Gasteiger partial charge in [0.1, 0.15) is 0 Å². The van der Waals surface area contributed by atoms with Crippen LogP contribution in [0.4, 0.5) is 5.69 Å². The number of H-pyrrole nitrogens is 1. The highest BCUT2D eigenvalue weighted by molar-refractivity contribution is 7.92. The van der Waals surface area contributed by atoms with Crippen molar-refractivity contribution in [2.75, 3.05) is 4.72 Å². The predicted octanol–water partition coefficient (Wildman–Crippen LogP) is 2.98. The number of carboxylic acid groups (broad SMARTS) is 1. The van der Waals surface area contributed by atoms with Crippen molar-refractivity contribution in [3.05, 3.63) is 59.8 Å². The van der Waals surface area contributed by atoms with Crippen molar-refractivity contribution in [3.8, 4) is 0 Å².